The summed E-state index contributed by atoms with van der Waals surface area (Å²) in [6, 6.07) is 16.6. The third kappa shape index (κ3) is 4.56. The molecule has 3 heteroatoms. The number of hydrogen-bond donors (Lipinski definition) is 0. The molecule has 0 fully saturated rings. The first-order valence-electron chi connectivity index (χ1n) is 7.00. The molecule has 0 heterocycles. The Kier molecular flexibility index (Phi) is 5.27. The summed E-state index contributed by atoms with van der Waals surface area (Å²) < 4.78 is 5.03. The number of aryl methyl sites for hydroxylation is 1. The van der Waals surface area contributed by atoms with Crippen LogP contribution in [0.3, 0.4) is 0 Å². The summed E-state index contributed by atoms with van der Waals surface area (Å²) >= 11 is 0. The molecule has 2 rings (SSSR count). The second-order valence-corrected chi connectivity index (χ2v) is 4.80. The van der Waals surface area contributed by atoms with Crippen molar-refractivity contribution < 1.29 is 14.3 Å². The van der Waals surface area contributed by atoms with E-state index in [2.05, 4.69) is 6.92 Å². The number of ketones is 1. The maximum Gasteiger partial charge on any atom is 0.310 e. The van der Waals surface area contributed by atoms with Crippen molar-refractivity contribution >= 4 is 11.8 Å². The number of ether oxygens (including phenoxy) is 1. The topological polar surface area (TPSA) is 43.4 Å². The van der Waals surface area contributed by atoms with Crippen molar-refractivity contribution in [2.45, 2.75) is 19.8 Å². The highest BCUT2D eigenvalue weighted by Gasteiger charge is 2.10. The Morgan fingerprint density at radius 3 is 2.14 bits per heavy atom. The summed E-state index contributed by atoms with van der Waals surface area (Å²) in [5, 5.41) is 0. The fraction of sp³-hybridized carbons (Fsp3) is 0.222. The summed E-state index contributed by atoms with van der Waals surface area (Å²) in [5.74, 6) is -0.575. The summed E-state index contributed by atoms with van der Waals surface area (Å²) in [6.45, 7) is 1.87. The Hall–Kier alpha value is -2.42. The molecule has 0 unspecified atom stereocenters. The highest BCUT2D eigenvalue weighted by Crippen LogP contribution is 2.07. The molecule has 0 aromatic heterocycles. The Bertz CT molecular complexity index is 600. The van der Waals surface area contributed by atoms with Crippen LogP contribution in [0, 0.1) is 0 Å². The average molecular weight is 282 g/mol. The van der Waals surface area contributed by atoms with Gasteiger partial charge in [0.25, 0.3) is 0 Å². The van der Waals surface area contributed by atoms with Gasteiger partial charge in [0.2, 0.25) is 0 Å². The van der Waals surface area contributed by atoms with Crippen LogP contribution in [0.1, 0.15) is 28.4 Å². The first kappa shape index (κ1) is 15.0. The molecule has 21 heavy (non-hydrogen) atoms. The predicted octanol–water partition coefficient (Wildman–Crippen LogP) is 3.22. The summed E-state index contributed by atoms with van der Waals surface area (Å²) in [7, 11) is 0. The number of hydrogen-bond acceptors (Lipinski definition) is 3. The van der Waals surface area contributed by atoms with E-state index in [0.717, 1.165) is 12.0 Å². The van der Waals surface area contributed by atoms with Crippen LogP contribution in [0.2, 0.25) is 0 Å². The van der Waals surface area contributed by atoms with Crippen LogP contribution < -0.4 is 0 Å². The van der Waals surface area contributed by atoms with E-state index >= 15 is 0 Å². The molecule has 0 atom stereocenters. The SMILES string of the molecule is CCc1ccc(CC(=O)OCC(=O)c2ccccc2)cc1. The lowest BCUT2D eigenvalue weighted by Gasteiger charge is -2.05. The van der Waals surface area contributed by atoms with E-state index in [1.165, 1.54) is 5.56 Å². The number of carbonyl (C=O) groups excluding carboxylic acids is 2. The van der Waals surface area contributed by atoms with Gasteiger partial charge in [0.1, 0.15) is 0 Å². The lowest BCUT2D eigenvalue weighted by molar-refractivity contribution is -0.141. The fourth-order valence-corrected chi connectivity index (χ4v) is 1.96. The molecule has 0 radical (unpaired) electrons. The number of rotatable bonds is 6. The second-order valence-electron chi connectivity index (χ2n) is 4.80. The van der Waals surface area contributed by atoms with Crippen LogP contribution >= 0.6 is 0 Å². The first-order valence-corrected chi connectivity index (χ1v) is 7.00. The Morgan fingerprint density at radius 1 is 0.905 bits per heavy atom. The Balaban J connectivity index is 1.83. The number of benzene rings is 2. The summed E-state index contributed by atoms with van der Waals surface area (Å²) in [6.07, 6.45) is 1.16. The molecular weight excluding hydrogens is 264 g/mol. The van der Waals surface area contributed by atoms with Crippen molar-refractivity contribution in [1.82, 2.24) is 0 Å². The zero-order valence-electron chi connectivity index (χ0n) is 12.0. The molecular formula is C18H18O3. The highest BCUT2D eigenvalue weighted by molar-refractivity contribution is 5.97. The van der Waals surface area contributed by atoms with Gasteiger partial charge in [-0.15, -0.1) is 0 Å². The molecule has 0 bridgehead atoms. The number of carbonyl (C=O) groups is 2. The van der Waals surface area contributed by atoms with Gasteiger partial charge in [-0.1, -0.05) is 61.5 Å². The second kappa shape index (κ2) is 7.39. The van der Waals surface area contributed by atoms with Gasteiger partial charge in [-0.05, 0) is 17.5 Å². The van der Waals surface area contributed by atoms with Gasteiger partial charge in [0.15, 0.2) is 12.4 Å². The van der Waals surface area contributed by atoms with Crippen molar-refractivity contribution in [1.29, 1.82) is 0 Å². The smallest absolute Gasteiger partial charge is 0.310 e. The van der Waals surface area contributed by atoms with Gasteiger partial charge in [-0.2, -0.15) is 0 Å². The Morgan fingerprint density at radius 2 is 1.52 bits per heavy atom. The molecule has 0 saturated heterocycles. The lowest BCUT2D eigenvalue weighted by atomic mass is 10.1. The number of Topliss-reactive ketones (excluding diaryl/α,β-unsaturated/α-hetero) is 1. The molecule has 0 aliphatic rings. The zero-order chi connectivity index (χ0) is 15.1. The van der Waals surface area contributed by atoms with Crippen molar-refractivity contribution in [2.75, 3.05) is 6.61 Å². The van der Waals surface area contributed by atoms with Gasteiger partial charge >= 0.3 is 5.97 Å². The highest BCUT2D eigenvalue weighted by atomic mass is 16.5. The minimum atomic E-state index is -0.386. The Labute approximate surface area is 124 Å². The normalized spacial score (nSPS) is 10.1. The van der Waals surface area contributed by atoms with E-state index in [1.54, 1.807) is 24.3 Å². The van der Waals surface area contributed by atoms with E-state index in [-0.39, 0.29) is 24.8 Å². The molecule has 0 spiro atoms. The van der Waals surface area contributed by atoms with Crippen molar-refractivity contribution in [3.63, 3.8) is 0 Å². The maximum absolute atomic E-state index is 11.8. The van der Waals surface area contributed by atoms with E-state index in [4.69, 9.17) is 4.74 Å². The molecule has 0 aliphatic heterocycles. The molecule has 2 aromatic carbocycles. The standard InChI is InChI=1S/C18H18O3/c1-2-14-8-10-15(11-9-14)12-18(20)21-13-17(19)16-6-4-3-5-7-16/h3-11H,2,12-13H2,1H3. The third-order valence-corrected chi connectivity index (χ3v) is 3.24. The van der Waals surface area contributed by atoms with Crippen LogP contribution in [-0.4, -0.2) is 18.4 Å². The maximum atomic E-state index is 11.8. The van der Waals surface area contributed by atoms with Crippen LogP contribution in [0.5, 0.6) is 0 Å². The molecule has 0 amide bonds. The molecule has 0 N–H and O–H groups in total. The molecule has 3 nitrogen and oxygen atoms in total. The van der Waals surface area contributed by atoms with Gasteiger partial charge in [0, 0.05) is 5.56 Å². The van der Waals surface area contributed by atoms with E-state index in [0.29, 0.717) is 5.56 Å². The van der Waals surface area contributed by atoms with Crippen molar-refractivity contribution in [3.8, 4) is 0 Å². The van der Waals surface area contributed by atoms with Gasteiger partial charge in [-0.25, -0.2) is 0 Å². The quantitative estimate of drug-likeness (QED) is 0.603. The largest absolute Gasteiger partial charge is 0.457 e. The molecule has 0 aliphatic carbocycles. The lowest BCUT2D eigenvalue weighted by Crippen LogP contribution is -2.15. The van der Waals surface area contributed by atoms with E-state index < -0.39 is 0 Å². The monoisotopic (exact) mass is 282 g/mol. The fourth-order valence-electron chi connectivity index (χ4n) is 1.96. The van der Waals surface area contributed by atoms with Gasteiger partial charge < -0.3 is 4.74 Å². The zero-order valence-corrected chi connectivity index (χ0v) is 12.0. The summed E-state index contributed by atoms with van der Waals surface area (Å²) in [4.78, 5) is 23.5. The van der Waals surface area contributed by atoms with Crippen LogP contribution in [0.15, 0.2) is 54.6 Å². The predicted molar refractivity (Wildman–Crippen MR) is 81.3 cm³/mol. The van der Waals surface area contributed by atoms with Crippen molar-refractivity contribution in [2.24, 2.45) is 0 Å². The summed E-state index contributed by atoms with van der Waals surface area (Å²) in [5.41, 5.74) is 2.67. The molecule has 2 aromatic rings. The number of esters is 1. The minimum absolute atomic E-state index is 0.187. The van der Waals surface area contributed by atoms with E-state index in [1.807, 2.05) is 30.3 Å². The van der Waals surface area contributed by atoms with Gasteiger partial charge in [0.05, 0.1) is 6.42 Å². The van der Waals surface area contributed by atoms with E-state index in [9.17, 15) is 9.59 Å². The molecule has 108 valence electrons. The van der Waals surface area contributed by atoms with Crippen LogP contribution in [0.25, 0.3) is 0 Å². The van der Waals surface area contributed by atoms with Crippen LogP contribution in [-0.2, 0) is 22.4 Å². The van der Waals surface area contributed by atoms with Crippen molar-refractivity contribution in [3.05, 3.63) is 71.3 Å². The van der Waals surface area contributed by atoms with Gasteiger partial charge in [-0.3, -0.25) is 9.59 Å². The molecule has 0 saturated carbocycles. The third-order valence-electron chi connectivity index (χ3n) is 3.24. The minimum Gasteiger partial charge on any atom is -0.457 e. The first-order chi connectivity index (χ1) is 10.2. The van der Waals surface area contributed by atoms with Crippen LogP contribution in [0.4, 0.5) is 0 Å². The average Bonchev–Trinajstić information content (AvgIpc) is 2.54.